The molecule has 2 N–H and O–H groups in total. The van der Waals surface area contributed by atoms with Crippen LogP contribution in [0.2, 0.25) is 0 Å². The number of rotatable bonds is 4. The lowest BCUT2D eigenvalue weighted by Crippen LogP contribution is -2.31. The lowest BCUT2D eigenvalue weighted by molar-refractivity contribution is -0.132. The molecule has 1 saturated heterocycles. The van der Waals surface area contributed by atoms with Crippen LogP contribution in [0, 0.1) is 6.92 Å². The summed E-state index contributed by atoms with van der Waals surface area (Å²) in [6.45, 7) is 2.99. The van der Waals surface area contributed by atoms with E-state index in [1.807, 2.05) is 24.3 Å². The largest absolute Gasteiger partial charge is 0.399 e. The molecule has 2 aromatic rings. The van der Waals surface area contributed by atoms with Crippen LogP contribution in [0.25, 0.3) is 0 Å². The summed E-state index contributed by atoms with van der Waals surface area (Å²) in [5.74, 6) is 0.235. The summed E-state index contributed by atoms with van der Waals surface area (Å²) < 4.78 is 0. The molecule has 2 aromatic carbocycles. The van der Waals surface area contributed by atoms with Crippen LogP contribution in [0.4, 0.5) is 5.69 Å². The molecule has 3 nitrogen and oxygen atoms in total. The van der Waals surface area contributed by atoms with Gasteiger partial charge in [-0.25, -0.2) is 0 Å². The van der Waals surface area contributed by atoms with Gasteiger partial charge in [-0.3, -0.25) is 4.79 Å². The highest BCUT2D eigenvalue weighted by Gasteiger charge is 2.30. The average molecular weight is 345 g/mol. The zero-order chi connectivity index (χ0) is 16.2. The van der Waals surface area contributed by atoms with Gasteiger partial charge in [0.15, 0.2) is 0 Å². The van der Waals surface area contributed by atoms with Crippen molar-refractivity contribution in [3.8, 4) is 0 Å². The monoisotopic (exact) mass is 344 g/mol. The van der Waals surface area contributed by atoms with Crippen LogP contribution in [-0.4, -0.2) is 17.4 Å². The molecule has 0 saturated carbocycles. The van der Waals surface area contributed by atoms with Crippen molar-refractivity contribution in [2.24, 2.45) is 0 Å². The van der Waals surface area contributed by atoms with E-state index in [0.29, 0.717) is 12.8 Å². The maximum Gasteiger partial charge on any atom is 0.223 e. The van der Waals surface area contributed by atoms with Gasteiger partial charge in [0.2, 0.25) is 5.91 Å². The highest BCUT2D eigenvalue weighted by molar-refractivity contribution is 5.85. The number of halogens is 1. The minimum atomic E-state index is 0. The smallest absolute Gasteiger partial charge is 0.223 e. The fourth-order valence-electron chi connectivity index (χ4n) is 3.50. The number of hydrogen-bond donors (Lipinski definition) is 1. The molecule has 4 heteroatoms. The molecule has 1 amide bonds. The second-order valence-electron chi connectivity index (χ2n) is 6.30. The molecule has 128 valence electrons. The van der Waals surface area contributed by atoms with Gasteiger partial charge in [0.05, 0.1) is 6.04 Å². The molecule has 0 aromatic heterocycles. The van der Waals surface area contributed by atoms with Crippen LogP contribution in [0.1, 0.15) is 42.0 Å². The van der Waals surface area contributed by atoms with E-state index in [-0.39, 0.29) is 24.4 Å². The number of para-hydroxylation sites is 1. The van der Waals surface area contributed by atoms with E-state index in [1.54, 1.807) is 0 Å². The zero-order valence-corrected chi connectivity index (χ0v) is 14.9. The second-order valence-corrected chi connectivity index (χ2v) is 6.30. The van der Waals surface area contributed by atoms with Crippen molar-refractivity contribution in [2.75, 3.05) is 12.3 Å². The van der Waals surface area contributed by atoms with Gasteiger partial charge in [-0.05, 0) is 48.9 Å². The Balaban J connectivity index is 0.00000208. The Morgan fingerprint density at radius 1 is 1.17 bits per heavy atom. The normalized spacial score (nSPS) is 16.7. The molecule has 1 aliphatic heterocycles. The predicted molar refractivity (Wildman–Crippen MR) is 101 cm³/mol. The zero-order valence-electron chi connectivity index (χ0n) is 14.1. The van der Waals surface area contributed by atoms with Gasteiger partial charge >= 0.3 is 0 Å². The van der Waals surface area contributed by atoms with E-state index < -0.39 is 0 Å². The van der Waals surface area contributed by atoms with Gasteiger partial charge < -0.3 is 10.6 Å². The summed E-state index contributed by atoms with van der Waals surface area (Å²) in [6, 6.07) is 16.4. The highest BCUT2D eigenvalue weighted by Crippen LogP contribution is 2.34. The standard InChI is InChI=1S/C20H24N2O.ClH/c1-15-7-2-4-9-17(15)19-11-6-14-22(19)20(23)13-12-16-8-3-5-10-18(16)21;/h2-5,7-10,19H,6,11-14,21H2,1H3;1H. The quantitative estimate of drug-likeness (QED) is 0.841. The Morgan fingerprint density at radius 3 is 2.62 bits per heavy atom. The van der Waals surface area contributed by atoms with E-state index in [4.69, 9.17) is 5.73 Å². The second kappa shape index (κ2) is 8.20. The predicted octanol–water partition coefficient (Wildman–Crippen LogP) is 4.30. The Hall–Kier alpha value is -2.00. The van der Waals surface area contributed by atoms with Crippen LogP contribution in [0.3, 0.4) is 0 Å². The van der Waals surface area contributed by atoms with Gasteiger partial charge in [0, 0.05) is 18.7 Å². The van der Waals surface area contributed by atoms with Crippen molar-refractivity contribution in [1.82, 2.24) is 4.90 Å². The van der Waals surface area contributed by atoms with Crippen LogP contribution < -0.4 is 5.73 Å². The van der Waals surface area contributed by atoms with Crippen molar-refractivity contribution in [3.05, 3.63) is 65.2 Å². The summed E-state index contributed by atoms with van der Waals surface area (Å²) in [6.07, 6.45) is 3.38. The van der Waals surface area contributed by atoms with Crippen molar-refractivity contribution in [1.29, 1.82) is 0 Å². The molecule has 1 unspecified atom stereocenters. The van der Waals surface area contributed by atoms with E-state index in [2.05, 4.69) is 36.1 Å². The number of benzene rings is 2. The Kier molecular flexibility index (Phi) is 6.27. The first-order valence-corrected chi connectivity index (χ1v) is 8.35. The topological polar surface area (TPSA) is 46.3 Å². The summed E-state index contributed by atoms with van der Waals surface area (Å²) in [5.41, 5.74) is 10.4. The van der Waals surface area contributed by atoms with Gasteiger partial charge in [0.25, 0.3) is 0 Å². The van der Waals surface area contributed by atoms with Crippen molar-refractivity contribution >= 4 is 24.0 Å². The highest BCUT2D eigenvalue weighted by atomic mass is 35.5. The van der Waals surface area contributed by atoms with E-state index in [9.17, 15) is 4.79 Å². The third-order valence-corrected chi connectivity index (χ3v) is 4.78. The summed E-state index contributed by atoms with van der Waals surface area (Å²) in [7, 11) is 0. The molecule has 3 rings (SSSR count). The third-order valence-electron chi connectivity index (χ3n) is 4.78. The fourth-order valence-corrected chi connectivity index (χ4v) is 3.50. The maximum atomic E-state index is 12.7. The first kappa shape index (κ1) is 18.3. The molecule has 0 bridgehead atoms. The Labute approximate surface area is 150 Å². The summed E-state index contributed by atoms with van der Waals surface area (Å²) >= 11 is 0. The van der Waals surface area contributed by atoms with Crippen LogP contribution in [0.5, 0.6) is 0 Å². The van der Waals surface area contributed by atoms with Crippen LogP contribution in [0.15, 0.2) is 48.5 Å². The number of carbonyl (C=O) groups excluding carboxylic acids is 1. The number of nitrogen functional groups attached to an aromatic ring is 1. The molecular formula is C20H25ClN2O. The number of nitrogens with two attached hydrogens (primary N) is 1. The van der Waals surface area contributed by atoms with Crippen molar-refractivity contribution in [3.63, 3.8) is 0 Å². The average Bonchev–Trinajstić information content (AvgIpc) is 3.04. The molecule has 1 aliphatic rings. The fraction of sp³-hybridized carbons (Fsp3) is 0.350. The number of carbonyl (C=O) groups is 1. The number of amides is 1. The Bertz CT molecular complexity index is 702. The van der Waals surface area contributed by atoms with Crippen LogP contribution in [-0.2, 0) is 11.2 Å². The Morgan fingerprint density at radius 2 is 1.88 bits per heavy atom. The minimum absolute atomic E-state index is 0. The number of anilines is 1. The number of nitrogens with zero attached hydrogens (tertiary/aromatic N) is 1. The molecule has 1 atom stereocenters. The maximum absolute atomic E-state index is 12.7. The minimum Gasteiger partial charge on any atom is -0.399 e. The van der Waals surface area contributed by atoms with Gasteiger partial charge in [-0.15, -0.1) is 12.4 Å². The number of aryl methyl sites for hydroxylation is 2. The summed E-state index contributed by atoms with van der Waals surface area (Å²) in [5, 5.41) is 0. The molecular weight excluding hydrogens is 320 g/mol. The van der Waals surface area contributed by atoms with E-state index in [1.165, 1.54) is 11.1 Å². The molecule has 1 fully saturated rings. The molecule has 0 radical (unpaired) electrons. The van der Waals surface area contributed by atoms with Gasteiger partial charge in [-0.2, -0.15) is 0 Å². The first-order chi connectivity index (χ1) is 11.2. The third kappa shape index (κ3) is 3.90. The van der Waals surface area contributed by atoms with Gasteiger partial charge in [0.1, 0.15) is 0 Å². The SMILES string of the molecule is Cc1ccccc1C1CCCN1C(=O)CCc1ccccc1N.Cl. The van der Waals surface area contributed by atoms with Gasteiger partial charge in [-0.1, -0.05) is 42.5 Å². The van der Waals surface area contributed by atoms with Crippen molar-refractivity contribution in [2.45, 2.75) is 38.6 Å². The lowest BCUT2D eigenvalue weighted by atomic mass is 9.99. The number of hydrogen-bond acceptors (Lipinski definition) is 2. The van der Waals surface area contributed by atoms with Crippen molar-refractivity contribution < 1.29 is 4.79 Å². The van der Waals surface area contributed by atoms with Crippen LogP contribution >= 0.6 is 12.4 Å². The molecule has 0 aliphatic carbocycles. The summed E-state index contributed by atoms with van der Waals surface area (Å²) in [4.78, 5) is 14.8. The lowest BCUT2D eigenvalue weighted by Gasteiger charge is -2.26. The van der Waals surface area contributed by atoms with E-state index >= 15 is 0 Å². The molecule has 1 heterocycles. The molecule has 0 spiro atoms. The first-order valence-electron chi connectivity index (χ1n) is 8.35. The molecule has 24 heavy (non-hydrogen) atoms. The number of likely N-dealkylation sites (tertiary alicyclic amines) is 1. The van der Waals surface area contributed by atoms with E-state index in [0.717, 1.165) is 30.6 Å².